The smallest absolute Gasteiger partial charge is 0.377 e. The molecule has 0 aliphatic heterocycles. The van der Waals surface area contributed by atoms with Crippen LogP contribution in [0.4, 0.5) is 0 Å². The summed E-state index contributed by atoms with van der Waals surface area (Å²) in [6.07, 6.45) is 0. The normalized spacial score (nSPS) is 15.5. The van der Waals surface area contributed by atoms with Crippen molar-refractivity contribution in [3.05, 3.63) is 0 Å². The highest BCUT2D eigenvalue weighted by molar-refractivity contribution is 6.60. The second kappa shape index (κ2) is 6.94. The van der Waals surface area contributed by atoms with Crippen LogP contribution in [0, 0.1) is 0 Å². The van der Waals surface area contributed by atoms with Crippen LogP contribution in [-0.2, 0) is 18.1 Å². The minimum absolute atomic E-state index is 0.144. The van der Waals surface area contributed by atoms with Gasteiger partial charge in [-0.1, -0.05) is 0 Å². The lowest BCUT2D eigenvalue weighted by Crippen LogP contribution is -2.46. The quantitative estimate of drug-likeness (QED) is 0.636. The van der Waals surface area contributed by atoms with Crippen LogP contribution in [0.3, 0.4) is 0 Å². The molecule has 0 saturated carbocycles. The van der Waals surface area contributed by atoms with Crippen molar-refractivity contribution >= 4 is 14.7 Å². The molecule has 14 heavy (non-hydrogen) atoms. The Morgan fingerprint density at radius 1 is 1.50 bits per heavy atom. The van der Waals surface area contributed by atoms with E-state index in [1.54, 1.807) is 6.92 Å². The summed E-state index contributed by atoms with van der Waals surface area (Å²) in [5.41, 5.74) is 0. The van der Waals surface area contributed by atoms with Crippen molar-refractivity contribution in [1.29, 1.82) is 0 Å². The van der Waals surface area contributed by atoms with Crippen molar-refractivity contribution in [1.82, 2.24) is 5.32 Å². The summed E-state index contributed by atoms with van der Waals surface area (Å²) in [5.74, 6) is -0.982. The first kappa shape index (κ1) is 8.84. The van der Waals surface area contributed by atoms with Gasteiger partial charge < -0.3 is 18.6 Å². The zero-order valence-corrected chi connectivity index (χ0v) is 9.75. The van der Waals surface area contributed by atoms with Crippen LogP contribution < -0.4 is 5.32 Å². The highest BCUT2D eigenvalue weighted by Crippen LogP contribution is 2.12. The van der Waals surface area contributed by atoms with Gasteiger partial charge in [0.2, 0.25) is 5.91 Å². The van der Waals surface area contributed by atoms with Crippen molar-refractivity contribution in [3.63, 3.8) is 0 Å². The second-order valence-electron chi connectivity index (χ2n) is 2.53. The Labute approximate surface area is 90.3 Å². The van der Waals surface area contributed by atoms with Crippen molar-refractivity contribution < 1.29 is 22.2 Å². The van der Waals surface area contributed by atoms with E-state index in [9.17, 15) is 4.79 Å². The Morgan fingerprint density at radius 2 is 2.14 bits per heavy atom. The Hall–Kier alpha value is -0.433. The molecular formula is C8H19NO4Si. The van der Waals surface area contributed by atoms with Crippen LogP contribution in [0.1, 0.15) is 17.9 Å². The number of hydrogen-bond donors (Lipinski definition) is 1. The Kier molecular flexibility index (Phi) is 4.38. The Morgan fingerprint density at radius 3 is 2.57 bits per heavy atom. The van der Waals surface area contributed by atoms with E-state index in [1.165, 1.54) is 14.2 Å². The summed E-state index contributed by atoms with van der Waals surface area (Å²) in [7, 11) is 0.171. The SMILES string of the molecule is [2H]C([2H])([2H])C(=O)NCC[Si](OC)(OC)OCC. The molecule has 0 aliphatic rings. The first-order valence-electron chi connectivity index (χ1n) is 5.84. The maximum atomic E-state index is 11.1. The van der Waals surface area contributed by atoms with Crippen LogP contribution in [0.25, 0.3) is 0 Å². The molecule has 5 nitrogen and oxygen atoms in total. The standard InChI is InChI=1S/C8H19NO4Si/c1-5-13-14(11-3,12-4)7-6-9-8(2)10/h5-7H2,1-4H3,(H,9,10)/i2D3. The van der Waals surface area contributed by atoms with E-state index >= 15 is 0 Å². The van der Waals surface area contributed by atoms with Crippen LogP contribution in [0.15, 0.2) is 0 Å². The maximum Gasteiger partial charge on any atom is 0.502 e. The fourth-order valence-electron chi connectivity index (χ4n) is 1.03. The summed E-state index contributed by atoms with van der Waals surface area (Å²) >= 11 is 0. The molecule has 0 atom stereocenters. The lowest BCUT2D eigenvalue weighted by molar-refractivity contribution is -0.118. The number of amides is 1. The van der Waals surface area contributed by atoms with E-state index in [2.05, 4.69) is 5.32 Å². The molecule has 1 N–H and O–H groups in total. The molecule has 0 aromatic rings. The van der Waals surface area contributed by atoms with Gasteiger partial charge in [0.1, 0.15) is 0 Å². The summed E-state index contributed by atoms with van der Waals surface area (Å²) < 4.78 is 36.4. The van der Waals surface area contributed by atoms with Crippen LogP contribution >= 0.6 is 0 Å². The van der Waals surface area contributed by atoms with Gasteiger partial charge in [0, 0.05) is 44.4 Å². The minimum atomic E-state index is -2.77. The third kappa shape index (κ3) is 4.71. The predicted molar refractivity (Wildman–Crippen MR) is 54.9 cm³/mol. The van der Waals surface area contributed by atoms with Gasteiger partial charge in [0.25, 0.3) is 0 Å². The topological polar surface area (TPSA) is 56.8 Å². The third-order valence-electron chi connectivity index (χ3n) is 1.70. The Balaban J connectivity index is 4.20. The van der Waals surface area contributed by atoms with E-state index in [0.717, 1.165) is 0 Å². The zero-order valence-electron chi connectivity index (χ0n) is 11.8. The van der Waals surface area contributed by atoms with Gasteiger partial charge in [0.15, 0.2) is 0 Å². The molecule has 0 fully saturated rings. The van der Waals surface area contributed by atoms with E-state index in [1.807, 2.05) is 0 Å². The fourth-order valence-corrected chi connectivity index (χ4v) is 2.85. The number of carbonyl (C=O) groups excluding carboxylic acids is 1. The van der Waals surface area contributed by atoms with Gasteiger partial charge in [0.05, 0.1) is 0 Å². The number of hydrogen-bond acceptors (Lipinski definition) is 4. The molecule has 0 spiro atoms. The number of carbonyl (C=O) groups is 1. The number of rotatable bonds is 7. The predicted octanol–water partition coefficient (Wildman–Crippen LogP) is 0.391. The zero-order chi connectivity index (χ0) is 13.5. The molecule has 0 heterocycles. The van der Waals surface area contributed by atoms with E-state index in [0.29, 0.717) is 12.7 Å². The molecule has 0 aromatic heterocycles. The average Bonchev–Trinajstić information content (AvgIpc) is 2.26. The second-order valence-corrected chi connectivity index (χ2v) is 5.50. The lowest BCUT2D eigenvalue weighted by Gasteiger charge is -2.25. The molecular weight excluding hydrogens is 202 g/mol. The van der Waals surface area contributed by atoms with E-state index in [-0.39, 0.29) is 6.54 Å². The first-order valence-corrected chi connectivity index (χ1v) is 6.27. The maximum absolute atomic E-state index is 11.1. The first-order chi connectivity index (χ1) is 7.81. The lowest BCUT2D eigenvalue weighted by atomic mass is 10.6. The van der Waals surface area contributed by atoms with Gasteiger partial charge in [-0.2, -0.15) is 0 Å². The van der Waals surface area contributed by atoms with Crippen LogP contribution in [0.2, 0.25) is 6.04 Å². The summed E-state index contributed by atoms with van der Waals surface area (Å²) in [6.45, 7) is -0.247. The van der Waals surface area contributed by atoms with Gasteiger partial charge in [-0.25, -0.2) is 0 Å². The van der Waals surface area contributed by atoms with E-state index < -0.39 is 21.6 Å². The molecule has 6 heteroatoms. The van der Waals surface area contributed by atoms with Gasteiger partial charge in [-0.15, -0.1) is 0 Å². The average molecular weight is 224 g/mol. The molecule has 0 bridgehead atoms. The Bertz CT molecular complexity index is 245. The molecule has 0 aromatic carbocycles. The van der Waals surface area contributed by atoms with Crippen molar-refractivity contribution in [3.8, 4) is 0 Å². The summed E-state index contributed by atoms with van der Waals surface area (Å²) in [5, 5.41) is 2.30. The van der Waals surface area contributed by atoms with Gasteiger partial charge in [-0.3, -0.25) is 4.79 Å². The molecule has 1 amide bonds. The molecule has 0 radical (unpaired) electrons. The van der Waals surface area contributed by atoms with Crippen molar-refractivity contribution in [2.45, 2.75) is 19.8 Å². The largest absolute Gasteiger partial charge is 0.502 e. The van der Waals surface area contributed by atoms with Gasteiger partial charge >= 0.3 is 8.80 Å². The summed E-state index contributed by atoms with van der Waals surface area (Å²) in [6, 6.07) is 0.329. The third-order valence-corrected chi connectivity index (χ3v) is 4.54. The summed E-state index contributed by atoms with van der Waals surface area (Å²) in [4.78, 5) is 11.1. The fraction of sp³-hybridized carbons (Fsp3) is 0.875. The van der Waals surface area contributed by atoms with E-state index in [4.69, 9.17) is 17.4 Å². The van der Waals surface area contributed by atoms with Crippen LogP contribution in [-0.4, -0.2) is 42.1 Å². The monoisotopic (exact) mass is 224 g/mol. The van der Waals surface area contributed by atoms with Crippen molar-refractivity contribution in [2.75, 3.05) is 27.4 Å². The molecule has 0 aliphatic carbocycles. The van der Waals surface area contributed by atoms with Gasteiger partial charge in [-0.05, 0) is 6.92 Å². The minimum Gasteiger partial charge on any atom is -0.377 e. The molecule has 0 rings (SSSR count). The molecule has 84 valence electrons. The van der Waals surface area contributed by atoms with Crippen molar-refractivity contribution in [2.24, 2.45) is 0 Å². The molecule has 0 saturated heterocycles. The highest BCUT2D eigenvalue weighted by atomic mass is 28.4. The highest BCUT2D eigenvalue weighted by Gasteiger charge is 2.37. The van der Waals surface area contributed by atoms with Crippen LogP contribution in [0.5, 0.6) is 0 Å². The number of nitrogens with one attached hydrogen (secondary N) is 1. The molecule has 0 unspecified atom stereocenters.